The minimum absolute atomic E-state index is 0.201. The third-order valence-electron chi connectivity index (χ3n) is 3.16. The molecule has 2 rings (SSSR count). The van der Waals surface area contributed by atoms with Crippen LogP contribution >= 0.6 is 0 Å². The monoisotopic (exact) mass is 234 g/mol. The maximum Gasteiger partial charge on any atom is 0.247 e. The fourth-order valence-electron chi connectivity index (χ4n) is 2.19. The van der Waals surface area contributed by atoms with Gasteiger partial charge >= 0.3 is 0 Å². The fourth-order valence-corrected chi connectivity index (χ4v) is 2.19. The number of carbonyl (C=O) groups is 1. The first-order valence-electron chi connectivity index (χ1n) is 5.95. The molecule has 0 fully saturated rings. The smallest absolute Gasteiger partial charge is 0.247 e. The Labute approximate surface area is 101 Å². The molecular weight excluding hydrogens is 216 g/mol. The van der Waals surface area contributed by atoms with Gasteiger partial charge in [0.15, 0.2) is 0 Å². The van der Waals surface area contributed by atoms with Gasteiger partial charge in [-0.25, -0.2) is 0 Å². The predicted octanol–water partition coefficient (Wildman–Crippen LogP) is 0.111. The number of aliphatic hydroxyl groups excluding tert-OH is 1. The minimum atomic E-state index is -1.11. The van der Waals surface area contributed by atoms with Gasteiger partial charge in [0.1, 0.15) is 6.10 Å². The van der Waals surface area contributed by atoms with E-state index in [1.807, 2.05) is 0 Å². The van der Waals surface area contributed by atoms with Crippen LogP contribution < -0.4 is 11.1 Å². The van der Waals surface area contributed by atoms with Crippen molar-refractivity contribution in [1.29, 1.82) is 0 Å². The average Bonchev–Trinajstić information content (AvgIpc) is 2.75. The molecule has 1 aromatic rings. The average molecular weight is 234 g/mol. The molecule has 0 bridgehead atoms. The van der Waals surface area contributed by atoms with E-state index in [-0.39, 0.29) is 6.54 Å². The number of benzene rings is 1. The third-order valence-corrected chi connectivity index (χ3v) is 3.16. The van der Waals surface area contributed by atoms with E-state index in [4.69, 9.17) is 5.73 Å². The van der Waals surface area contributed by atoms with Gasteiger partial charge in [-0.2, -0.15) is 0 Å². The van der Waals surface area contributed by atoms with Gasteiger partial charge < -0.3 is 16.2 Å². The summed E-state index contributed by atoms with van der Waals surface area (Å²) in [6.07, 6.45) is 2.48. The number of carbonyl (C=O) groups excluding carboxylic acids is 1. The molecule has 1 aliphatic carbocycles. The number of nitrogens with one attached hydrogen (secondary N) is 1. The summed E-state index contributed by atoms with van der Waals surface area (Å²) in [5.41, 5.74) is 9.02. The number of primary amides is 1. The zero-order chi connectivity index (χ0) is 12.3. The Kier molecular flexibility index (Phi) is 3.76. The highest BCUT2D eigenvalue weighted by atomic mass is 16.3. The summed E-state index contributed by atoms with van der Waals surface area (Å²) in [5.74, 6) is -0.688. The van der Waals surface area contributed by atoms with E-state index in [1.54, 1.807) is 0 Å². The largest absolute Gasteiger partial charge is 0.382 e. The molecule has 4 nitrogen and oxygen atoms in total. The van der Waals surface area contributed by atoms with Crippen molar-refractivity contribution in [2.45, 2.75) is 31.9 Å². The maximum absolute atomic E-state index is 10.6. The molecule has 0 spiro atoms. The molecule has 0 heterocycles. The third kappa shape index (κ3) is 3.05. The number of fused-ring (bicyclic) bond motifs is 1. The fraction of sp³-hybridized carbons (Fsp3) is 0.462. The molecule has 92 valence electrons. The highest BCUT2D eigenvalue weighted by Crippen LogP contribution is 2.22. The normalized spacial score (nSPS) is 15.6. The summed E-state index contributed by atoms with van der Waals surface area (Å²) < 4.78 is 0. The van der Waals surface area contributed by atoms with Gasteiger partial charge in [0.05, 0.1) is 0 Å². The highest BCUT2D eigenvalue weighted by Gasteiger charge is 2.12. The van der Waals surface area contributed by atoms with Crippen molar-refractivity contribution < 1.29 is 9.90 Å². The quantitative estimate of drug-likeness (QED) is 0.677. The van der Waals surface area contributed by atoms with Crippen LogP contribution in [-0.2, 0) is 24.2 Å². The van der Waals surface area contributed by atoms with Crippen LogP contribution in [0.4, 0.5) is 0 Å². The van der Waals surface area contributed by atoms with Crippen molar-refractivity contribution >= 4 is 5.91 Å². The van der Waals surface area contributed by atoms with Crippen LogP contribution in [0.3, 0.4) is 0 Å². The number of nitrogens with two attached hydrogens (primary N) is 1. The molecule has 0 saturated carbocycles. The van der Waals surface area contributed by atoms with Crippen LogP contribution in [0.5, 0.6) is 0 Å². The van der Waals surface area contributed by atoms with E-state index in [1.165, 1.54) is 29.5 Å². The molecule has 1 aromatic carbocycles. The zero-order valence-electron chi connectivity index (χ0n) is 9.78. The van der Waals surface area contributed by atoms with E-state index in [0.29, 0.717) is 6.54 Å². The predicted molar refractivity (Wildman–Crippen MR) is 65.4 cm³/mol. The van der Waals surface area contributed by atoms with E-state index >= 15 is 0 Å². The SMILES string of the molecule is NC(=O)C(O)CNCc1ccc2c(c1)CCC2. The minimum Gasteiger partial charge on any atom is -0.382 e. The van der Waals surface area contributed by atoms with Crippen molar-refractivity contribution in [3.8, 4) is 0 Å². The first kappa shape index (κ1) is 12.1. The summed E-state index contributed by atoms with van der Waals surface area (Å²) >= 11 is 0. The van der Waals surface area contributed by atoms with Crippen molar-refractivity contribution in [1.82, 2.24) is 5.32 Å². The number of aryl methyl sites for hydroxylation is 2. The molecule has 4 N–H and O–H groups in total. The van der Waals surface area contributed by atoms with Crippen LogP contribution in [-0.4, -0.2) is 23.7 Å². The Morgan fingerprint density at radius 1 is 1.41 bits per heavy atom. The van der Waals surface area contributed by atoms with E-state index in [0.717, 1.165) is 6.42 Å². The van der Waals surface area contributed by atoms with Crippen LogP contribution in [0.2, 0.25) is 0 Å². The lowest BCUT2D eigenvalue weighted by atomic mass is 10.1. The first-order valence-corrected chi connectivity index (χ1v) is 5.95. The van der Waals surface area contributed by atoms with Gasteiger partial charge in [0.25, 0.3) is 0 Å². The van der Waals surface area contributed by atoms with E-state index in [9.17, 15) is 9.90 Å². The van der Waals surface area contributed by atoms with Crippen molar-refractivity contribution in [2.24, 2.45) is 5.73 Å². The molecule has 1 aliphatic rings. The van der Waals surface area contributed by atoms with Crippen LogP contribution in [0.1, 0.15) is 23.1 Å². The second-order valence-electron chi connectivity index (χ2n) is 4.51. The molecule has 17 heavy (non-hydrogen) atoms. The van der Waals surface area contributed by atoms with Gasteiger partial charge in [0, 0.05) is 13.1 Å². The van der Waals surface area contributed by atoms with Crippen molar-refractivity contribution in [3.05, 3.63) is 34.9 Å². The van der Waals surface area contributed by atoms with Gasteiger partial charge in [-0.05, 0) is 36.0 Å². The number of hydrogen-bond donors (Lipinski definition) is 3. The number of hydrogen-bond acceptors (Lipinski definition) is 3. The summed E-state index contributed by atoms with van der Waals surface area (Å²) in [5, 5.41) is 12.2. The van der Waals surface area contributed by atoms with Gasteiger partial charge in [-0.1, -0.05) is 18.2 Å². The van der Waals surface area contributed by atoms with Crippen LogP contribution in [0, 0.1) is 0 Å². The lowest BCUT2D eigenvalue weighted by Gasteiger charge is -2.09. The molecular formula is C13H18N2O2. The highest BCUT2D eigenvalue weighted by molar-refractivity contribution is 5.78. The molecule has 0 saturated heterocycles. The Morgan fingerprint density at radius 3 is 2.94 bits per heavy atom. The Morgan fingerprint density at radius 2 is 2.18 bits per heavy atom. The second kappa shape index (κ2) is 5.29. The van der Waals surface area contributed by atoms with Crippen LogP contribution in [0.15, 0.2) is 18.2 Å². The van der Waals surface area contributed by atoms with Gasteiger partial charge in [-0.15, -0.1) is 0 Å². The molecule has 1 amide bonds. The summed E-state index contributed by atoms with van der Waals surface area (Å²) in [4.78, 5) is 10.6. The van der Waals surface area contributed by atoms with Crippen molar-refractivity contribution in [3.63, 3.8) is 0 Å². The number of amides is 1. The summed E-state index contributed by atoms with van der Waals surface area (Å²) in [7, 11) is 0. The van der Waals surface area contributed by atoms with Gasteiger partial charge in [0.2, 0.25) is 5.91 Å². The second-order valence-corrected chi connectivity index (χ2v) is 4.51. The Hall–Kier alpha value is -1.39. The van der Waals surface area contributed by atoms with E-state index in [2.05, 4.69) is 23.5 Å². The van der Waals surface area contributed by atoms with Crippen molar-refractivity contribution in [2.75, 3.05) is 6.54 Å². The Bertz CT molecular complexity index is 418. The Balaban J connectivity index is 1.85. The lowest BCUT2D eigenvalue weighted by molar-refractivity contribution is -0.125. The number of rotatable bonds is 5. The van der Waals surface area contributed by atoms with E-state index < -0.39 is 12.0 Å². The lowest BCUT2D eigenvalue weighted by Crippen LogP contribution is -2.37. The number of aliphatic hydroxyl groups is 1. The summed E-state index contributed by atoms with van der Waals surface area (Å²) in [6, 6.07) is 6.46. The molecule has 0 aromatic heterocycles. The van der Waals surface area contributed by atoms with Gasteiger partial charge in [-0.3, -0.25) is 4.79 Å². The van der Waals surface area contributed by atoms with Crippen LogP contribution in [0.25, 0.3) is 0 Å². The molecule has 0 radical (unpaired) electrons. The topological polar surface area (TPSA) is 75.4 Å². The standard InChI is InChI=1S/C13H18N2O2/c14-13(17)12(16)8-15-7-9-4-5-10-2-1-3-11(10)6-9/h4-6,12,15-16H,1-3,7-8H2,(H2,14,17). The molecule has 1 atom stereocenters. The molecule has 0 aliphatic heterocycles. The maximum atomic E-state index is 10.6. The first-order chi connectivity index (χ1) is 8.16. The molecule has 4 heteroatoms. The summed E-state index contributed by atoms with van der Waals surface area (Å²) in [6.45, 7) is 0.851. The molecule has 1 unspecified atom stereocenters. The zero-order valence-corrected chi connectivity index (χ0v) is 9.78.